The number of carbonyl (C=O) groups excluding carboxylic acids is 3. The quantitative estimate of drug-likeness (QED) is 0.595. The lowest BCUT2D eigenvalue weighted by atomic mass is 10.00. The minimum atomic E-state index is -0.940. The van der Waals surface area contributed by atoms with E-state index in [0.29, 0.717) is 0 Å². The van der Waals surface area contributed by atoms with Gasteiger partial charge in [0.15, 0.2) is 5.78 Å². The second-order valence-electron chi connectivity index (χ2n) is 8.36. The average molecular weight is 449 g/mol. The highest BCUT2D eigenvalue weighted by Crippen LogP contribution is 2.25. The van der Waals surface area contributed by atoms with Crippen molar-refractivity contribution < 1.29 is 23.5 Å². The summed E-state index contributed by atoms with van der Waals surface area (Å²) in [4.78, 5) is 38.0. The molecule has 0 aliphatic heterocycles. The van der Waals surface area contributed by atoms with Crippen molar-refractivity contribution >= 4 is 35.1 Å². The Morgan fingerprint density at radius 2 is 1.68 bits per heavy atom. The smallest absolute Gasteiger partial charge is 0.408 e. The van der Waals surface area contributed by atoms with Gasteiger partial charge in [-0.3, -0.25) is 9.59 Å². The van der Waals surface area contributed by atoms with E-state index >= 15 is 0 Å². The van der Waals surface area contributed by atoms with E-state index in [1.54, 1.807) is 40.7 Å². The summed E-state index contributed by atoms with van der Waals surface area (Å²) < 4.78 is 19.3. The normalized spacial score (nSPS) is 12.3. The molecule has 2 aromatic carbocycles. The average Bonchev–Trinajstić information content (AvgIpc) is 2.64. The molecule has 0 radical (unpaired) electrons. The topological polar surface area (TPSA) is 84.5 Å². The molecule has 0 fully saturated rings. The summed E-state index contributed by atoms with van der Waals surface area (Å²) >= 11 is 6.05. The molecular weight excluding hydrogens is 423 g/mol. The van der Waals surface area contributed by atoms with Gasteiger partial charge in [0.2, 0.25) is 5.91 Å². The highest BCUT2D eigenvalue weighted by molar-refractivity contribution is 6.31. The summed E-state index contributed by atoms with van der Waals surface area (Å²) in [6, 6.07) is 8.92. The zero-order valence-electron chi connectivity index (χ0n) is 18.1. The van der Waals surface area contributed by atoms with Gasteiger partial charge in [0.1, 0.15) is 17.5 Å². The van der Waals surface area contributed by atoms with Gasteiger partial charge in [0.25, 0.3) is 0 Å². The van der Waals surface area contributed by atoms with Crippen molar-refractivity contribution in [2.75, 3.05) is 5.32 Å². The maximum Gasteiger partial charge on any atom is 0.408 e. The van der Waals surface area contributed by atoms with Crippen molar-refractivity contribution in [3.05, 3.63) is 64.4 Å². The summed E-state index contributed by atoms with van der Waals surface area (Å²) in [7, 11) is 0. The third kappa shape index (κ3) is 6.79. The Bertz CT molecular complexity index is 986. The van der Waals surface area contributed by atoms with Crippen LogP contribution in [-0.4, -0.2) is 29.4 Å². The molecule has 0 aliphatic carbocycles. The molecule has 2 rings (SSSR count). The molecular formula is C23H26ClFN2O4. The van der Waals surface area contributed by atoms with Crippen molar-refractivity contribution in [2.45, 2.75) is 46.3 Å². The van der Waals surface area contributed by atoms with E-state index in [0.717, 1.165) is 0 Å². The first-order chi connectivity index (χ1) is 14.4. The summed E-state index contributed by atoms with van der Waals surface area (Å²) in [5, 5.41) is 5.46. The second-order valence-corrected chi connectivity index (χ2v) is 8.79. The van der Waals surface area contributed by atoms with E-state index in [2.05, 4.69) is 10.6 Å². The van der Waals surface area contributed by atoms with E-state index in [1.165, 1.54) is 36.4 Å². The van der Waals surface area contributed by atoms with Crippen LogP contribution in [0.3, 0.4) is 0 Å². The Morgan fingerprint density at radius 1 is 1.03 bits per heavy atom. The van der Waals surface area contributed by atoms with Crippen LogP contribution in [0.4, 0.5) is 14.9 Å². The Hall–Kier alpha value is -2.93. The first kappa shape index (κ1) is 24.3. The standard InChI is InChI=1S/C23H26ClFN2O4/c1-13(2)19(27-22(30)31-23(3,4)5)21(29)26-18-12-14(24)10-11-16(18)20(28)15-8-6-7-9-17(15)25/h6-13,19H,1-5H3,(H,26,29)(H,27,30)/t19-/m0/s1. The number of anilines is 1. The Balaban J connectivity index is 2.30. The number of halogens is 2. The molecule has 0 spiro atoms. The summed E-state index contributed by atoms with van der Waals surface area (Å²) in [6.07, 6.45) is -0.741. The highest BCUT2D eigenvalue weighted by atomic mass is 35.5. The van der Waals surface area contributed by atoms with Gasteiger partial charge in [-0.15, -0.1) is 0 Å². The van der Waals surface area contributed by atoms with E-state index < -0.39 is 35.2 Å². The minimum absolute atomic E-state index is 0.0719. The molecule has 166 valence electrons. The van der Waals surface area contributed by atoms with Crippen LogP contribution in [0, 0.1) is 11.7 Å². The number of alkyl carbamates (subject to hydrolysis) is 1. The van der Waals surface area contributed by atoms with Gasteiger partial charge in [-0.25, -0.2) is 9.18 Å². The number of carbonyl (C=O) groups is 3. The molecule has 1 atom stereocenters. The SMILES string of the molecule is CC(C)[C@H](NC(=O)OC(C)(C)C)C(=O)Nc1cc(Cl)ccc1C(=O)c1ccccc1F. The summed E-state index contributed by atoms with van der Waals surface area (Å²) in [6.45, 7) is 8.65. The molecule has 31 heavy (non-hydrogen) atoms. The van der Waals surface area contributed by atoms with Gasteiger partial charge in [0, 0.05) is 10.6 Å². The maximum atomic E-state index is 14.1. The fourth-order valence-corrected chi connectivity index (χ4v) is 2.96. The van der Waals surface area contributed by atoms with Crippen molar-refractivity contribution in [2.24, 2.45) is 5.92 Å². The number of hydrogen-bond donors (Lipinski definition) is 2. The number of ether oxygens (including phenoxy) is 1. The monoisotopic (exact) mass is 448 g/mol. The molecule has 0 heterocycles. The first-order valence-corrected chi connectivity index (χ1v) is 10.2. The molecule has 0 unspecified atom stereocenters. The molecule has 8 heteroatoms. The van der Waals surface area contributed by atoms with E-state index in [-0.39, 0.29) is 27.8 Å². The number of hydrogen-bond acceptors (Lipinski definition) is 4. The third-order valence-corrected chi connectivity index (χ3v) is 4.46. The van der Waals surface area contributed by atoms with Crippen molar-refractivity contribution in [3.8, 4) is 0 Å². The number of nitrogens with one attached hydrogen (secondary N) is 2. The van der Waals surface area contributed by atoms with Crippen LogP contribution in [0.1, 0.15) is 50.5 Å². The fraction of sp³-hybridized carbons (Fsp3) is 0.348. The van der Waals surface area contributed by atoms with Crippen LogP contribution < -0.4 is 10.6 Å². The number of rotatable bonds is 6. The number of benzene rings is 2. The molecule has 0 bridgehead atoms. The minimum Gasteiger partial charge on any atom is -0.444 e. The van der Waals surface area contributed by atoms with E-state index in [9.17, 15) is 18.8 Å². The van der Waals surface area contributed by atoms with Crippen LogP contribution in [0.2, 0.25) is 5.02 Å². The van der Waals surface area contributed by atoms with Crippen LogP contribution in [0.15, 0.2) is 42.5 Å². The van der Waals surface area contributed by atoms with Crippen LogP contribution in [0.5, 0.6) is 0 Å². The Labute approximate surface area is 186 Å². The lowest BCUT2D eigenvalue weighted by Crippen LogP contribution is -2.48. The zero-order valence-corrected chi connectivity index (χ0v) is 18.8. The molecule has 0 saturated heterocycles. The van der Waals surface area contributed by atoms with Crippen molar-refractivity contribution in [1.82, 2.24) is 5.32 Å². The van der Waals surface area contributed by atoms with Crippen LogP contribution >= 0.6 is 11.6 Å². The van der Waals surface area contributed by atoms with Gasteiger partial charge in [0.05, 0.1) is 11.3 Å². The molecule has 6 nitrogen and oxygen atoms in total. The van der Waals surface area contributed by atoms with Crippen molar-refractivity contribution in [3.63, 3.8) is 0 Å². The van der Waals surface area contributed by atoms with Crippen LogP contribution in [0.25, 0.3) is 0 Å². The molecule has 2 N–H and O–H groups in total. The van der Waals surface area contributed by atoms with E-state index in [1.807, 2.05) is 0 Å². The lowest BCUT2D eigenvalue weighted by molar-refractivity contribution is -0.119. The molecule has 0 saturated carbocycles. The first-order valence-electron chi connectivity index (χ1n) is 9.78. The Morgan fingerprint density at radius 3 is 2.26 bits per heavy atom. The number of ketones is 1. The predicted molar refractivity (Wildman–Crippen MR) is 118 cm³/mol. The second kappa shape index (κ2) is 9.92. The molecule has 0 aromatic heterocycles. The maximum absolute atomic E-state index is 14.1. The predicted octanol–water partition coefficient (Wildman–Crippen LogP) is 5.20. The van der Waals surface area contributed by atoms with Gasteiger partial charge < -0.3 is 15.4 Å². The zero-order chi connectivity index (χ0) is 23.3. The molecule has 2 amide bonds. The fourth-order valence-electron chi connectivity index (χ4n) is 2.79. The van der Waals surface area contributed by atoms with Gasteiger partial charge in [-0.2, -0.15) is 0 Å². The largest absolute Gasteiger partial charge is 0.444 e. The number of amides is 2. The van der Waals surface area contributed by atoms with Gasteiger partial charge >= 0.3 is 6.09 Å². The van der Waals surface area contributed by atoms with Crippen molar-refractivity contribution in [1.29, 1.82) is 0 Å². The van der Waals surface area contributed by atoms with Gasteiger partial charge in [-0.05, 0) is 57.0 Å². The third-order valence-electron chi connectivity index (χ3n) is 4.22. The summed E-state index contributed by atoms with van der Waals surface area (Å²) in [5.74, 6) is -2.12. The summed E-state index contributed by atoms with van der Waals surface area (Å²) in [5.41, 5.74) is -0.674. The van der Waals surface area contributed by atoms with Crippen LogP contribution in [-0.2, 0) is 9.53 Å². The Kier molecular flexibility index (Phi) is 7.79. The highest BCUT2D eigenvalue weighted by Gasteiger charge is 2.28. The molecule has 0 aliphatic rings. The lowest BCUT2D eigenvalue weighted by Gasteiger charge is -2.25. The molecule has 2 aromatic rings. The van der Waals surface area contributed by atoms with E-state index in [4.69, 9.17) is 16.3 Å². The van der Waals surface area contributed by atoms with Gasteiger partial charge in [-0.1, -0.05) is 37.6 Å².